The van der Waals surface area contributed by atoms with Crippen LogP contribution in [0.3, 0.4) is 0 Å². The van der Waals surface area contributed by atoms with Gasteiger partial charge in [0.25, 0.3) is 0 Å². The smallest absolute Gasteiger partial charge is 0.112 e. The molecule has 0 saturated carbocycles. The van der Waals surface area contributed by atoms with E-state index in [0.29, 0.717) is 0 Å². The Labute approximate surface area is 92.8 Å². The summed E-state index contributed by atoms with van der Waals surface area (Å²) >= 11 is 0. The van der Waals surface area contributed by atoms with Gasteiger partial charge in [0.2, 0.25) is 0 Å². The van der Waals surface area contributed by atoms with E-state index < -0.39 is 0 Å². The first kappa shape index (κ1) is 12.5. The maximum Gasteiger partial charge on any atom is 0.112 e. The second kappa shape index (κ2) is 5.52. The zero-order valence-electron chi connectivity index (χ0n) is 10.3. The van der Waals surface area contributed by atoms with Crippen LogP contribution in [0.5, 0.6) is 0 Å². The van der Waals surface area contributed by atoms with Crippen LogP contribution in [0.2, 0.25) is 0 Å². The number of allylic oxidation sites excluding steroid dienone is 1. The van der Waals surface area contributed by atoms with Gasteiger partial charge < -0.3 is 14.8 Å². The summed E-state index contributed by atoms with van der Waals surface area (Å²) in [5.74, 6) is 1.03. The Hall–Kier alpha value is -0.540. The minimum atomic E-state index is -0.229. The lowest BCUT2D eigenvalue weighted by molar-refractivity contribution is -0.0418. The van der Waals surface area contributed by atoms with E-state index in [0.717, 1.165) is 31.8 Å². The minimum Gasteiger partial charge on any atom is -0.496 e. The highest BCUT2D eigenvalue weighted by molar-refractivity contribution is 5.11. The fourth-order valence-corrected chi connectivity index (χ4v) is 2.07. The van der Waals surface area contributed by atoms with Crippen molar-refractivity contribution >= 4 is 0 Å². The Morgan fingerprint density at radius 3 is 2.80 bits per heavy atom. The van der Waals surface area contributed by atoms with E-state index in [1.807, 2.05) is 14.0 Å². The molecule has 0 bridgehead atoms. The molecule has 3 heteroatoms. The monoisotopic (exact) mass is 213 g/mol. The fraction of sp³-hybridized carbons (Fsp3) is 0.833. The van der Waals surface area contributed by atoms with Crippen molar-refractivity contribution in [3.05, 3.63) is 11.8 Å². The third kappa shape index (κ3) is 3.21. The molecule has 0 amide bonds. The van der Waals surface area contributed by atoms with Gasteiger partial charge in [-0.15, -0.1) is 0 Å². The van der Waals surface area contributed by atoms with Gasteiger partial charge in [0.15, 0.2) is 0 Å². The van der Waals surface area contributed by atoms with Crippen LogP contribution in [0, 0.1) is 0 Å². The van der Waals surface area contributed by atoms with Crippen LogP contribution in [-0.4, -0.2) is 31.9 Å². The van der Waals surface area contributed by atoms with Crippen LogP contribution in [-0.2, 0) is 9.47 Å². The Morgan fingerprint density at radius 2 is 2.33 bits per heavy atom. The highest BCUT2D eigenvalue weighted by Gasteiger charge is 2.33. The predicted molar refractivity (Wildman–Crippen MR) is 61.8 cm³/mol. The Morgan fingerprint density at radius 1 is 1.60 bits per heavy atom. The molecule has 1 heterocycles. The highest BCUT2D eigenvalue weighted by atomic mass is 16.5. The van der Waals surface area contributed by atoms with Crippen molar-refractivity contribution < 1.29 is 9.47 Å². The van der Waals surface area contributed by atoms with Crippen LogP contribution in [0.4, 0.5) is 0 Å². The van der Waals surface area contributed by atoms with Crippen LogP contribution in [0.15, 0.2) is 11.8 Å². The van der Waals surface area contributed by atoms with Crippen LogP contribution < -0.4 is 5.32 Å². The van der Waals surface area contributed by atoms with Crippen molar-refractivity contribution in [2.45, 2.75) is 45.3 Å². The minimum absolute atomic E-state index is 0.137. The van der Waals surface area contributed by atoms with E-state index in [1.54, 1.807) is 0 Å². The van der Waals surface area contributed by atoms with E-state index in [-0.39, 0.29) is 11.6 Å². The SMILES string of the molecule is CCOC(C)(C)C(NC)C1=CCCCO1. The molecule has 0 spiro atoms. The standard InChI is InChI=1S/C12H23NO2/c1-5-15-12(2,3)11(13-4)10-8-6-7-9-14-10/h8,11,13H,5-7,9H2,1-4H3. The van der Waals surface area contributed by atoms with Gasteiger partial charge in [-0.1, -0.05) is 0 Å². The van der Waals surface area contributed by atoms with Crippen molar-refractivity contribution in [1.29, 1.82) is 0 Å². The molecule has 0 saturated heterocycles. The quantitative estimate of drug-likeness (QED) is 0.758. The van der Waals surface area contributed by atoms with E-state index in [2.05, 4.69) is 25.2 Å². The Bertz CT molecular complexity index is 224. The number of nitrogens with one attached hydrogen (secondary N) is 1. The predicted octanol–water partition coefficient (Wildman–Crippen LogP) is 2.08. The third-order valence-corrected chi connectivity index (χ3v) is 2.75. The molecule has 0 aliphatic carbocycles. The van der Waals surface area contributed by atoms with E-state index >= 15 is 0 Å². The van der Waals surface area contributed by atoms with Gasteiger partial charge in [0, 0.05) is 6.61 Å². The molecule has 0 aromatic rings. The molecule has 3 nitrogen and oxygen atoms in total. The second-order valence-electron chi connectivity index (χ2n) is 4.36. The zero-order valence-corrected chi connectivity index (χ0v) is 10.3. The van der Waals surface area contributed by atoms with Gasteiger partial charge in [-0.25, -0.2) is 0 Å². The maximum absolute atomic E-state index is 5.75. The largest absolute Gasteiger partial charge is 0.496 e. The Kier molecular flexibility index (Phi) is 4.61. The van der Waals surface area contributed by atoms with Crippen molar-refractivity contribution in [2.75, 3.05) is 20.3 Å². The van der Waals surface area contributed by atoms with Gasteiger partial charge >= 0.3 is 0 Å². The summed E-state index contributed by atoms with van der Waals surface area (Å²) in [5.41, 5.74) is -0.229. The molecule has 1 N–H and O–H groups in total. The van der Waals surface area contributed by atoms with Gasteiger partial charge in [-0.3, -0.25) is 0 Å². The van der Waals surface area contributed by atoms with Crippen LogP contribution >= 0.6 is 0 Å². The Balaban J connectivity index is 2.72. The summed E-state index contributed by atoms with van der Waals surface area (Å²) in [6.07, 6.45) is 4.40. The topological polar surface area (TPSA) is 30.5 Å². The number of hydrogen-bond donors (Lipinski definition) is 1. The number of ether oxygens (including phenoxy) is 2. The normalized spacial score (nSPS) is 19.3. The van der Waals surface area contributed by atoms with Crippen molar-refractivity contribution in [3.63, 3.8) is 0 Å². The highest BCUT2D eigenvalue weighted by Crippen LogP contribution is 2.24. The molecular weight excluding hydrogens is 190 g/mol. The number of hydrogen-bond acceptors (Lipinski definition) is 3. The summed E-state index contributed by atoms with van der Waals surface area (Å²) in [5, 5.41) is 3.28. The van der Waals surface area contributed by atoms with Crippen LogP contribution in [0.25, 0.3) is 0 Å². The average Bonchev–Trinajstić information content (AvgIpc) is 2.19. The van der Waals surface area contributed by atoms with Gasteiger partial charge in [-0.05, 0) is 46.7 Å². The lowest BCUT2D eigenvalue weighted by atomic mass is 9.95. The molecule has 88 valence electrons. The lowest BCUT2D eigenvalue weighted by Gasteiger charge is -2.36. The molecule has 0 aromatic carbocycles. The van der Waals surface area contributed by atoms with E-state index in [9.17, 15) is 0 Å². The van der Waals surface area contributed by atoms with Crippen molar-refractivity contribution in [1.82, 2.24) is 5.32 Å². The molecule has 1 unspecified atom stereocenters. The molecule has 1 rings (SSSR count). The summed E-state index contributed by atoms with van der Waals surface area (Å²) in [6.45, 7) is 7.75. The zero-order chi connectivity index (χ0) is 11.3. The second-order valence-corrected chi connectivity index (χ2v) is 4.36. The van der Waals surface area contributed by atoms with E-state index in [1.165, 1.54) is 0 Å². The van der Waals surface area contributed by atoms with Gasteiger partial charge in [0.1, 0.15) is 5.76 Å². The van der Waals surface area contributed by atoms with Crippen molar-refractivity contribution in [3.8, 4) is 0 Å². The molecule has 1 atom stereocenters. The molecule has 0 aromatic heterocycles. The lowest BCUT2D eigenvalue weighted by Crippen LogP contribution is -2.49. The molecule has 15 heavy (non-hydrogen) atoms. The first-order valence-corrected chi connectivity index (χ1v) is 5.76. The van der Waals surface area contributed by atoms with Crippen LogP contribution in [0.1, 0.15) is 33.6 Å². The maximum atomic E-state index is 5.75. The van der Waals surface area contributed by atoms with Crippen molar-refractivity contribution in [2.24, 2.45) is 0 Å². The van der Waals surface area contributed by atoms with Gasteiger partial charge in [0.05, 0.1) is 18.2 Å². The summed E-state index contributed by atoms with van der Waals surface area (Å²) in [6, 6.07) is 0.137. The van der Waals surface area contributed by atoms with E-state index in [4.69, 9.17) is 9.47 Å². The molecule has 0 fully saturated rings. The molecule has 1 aliphatic rings. The first-order valence-electron chi connectivity index (χ1n) is 5.76. The molecular formula is C12H23NO2. The molecule has 1 aliphatic heterocycles. The summed E-state index contributed by atoms with van der Waals surface area (Å²) < 4.78 is 11.4. The summed E-state index contributed by atoms with van der Waals surface area (Å²) in [4.78, 5) is 0. The summed E-state index contributed by atoms with van der Waals surface area (Å²) in [7, 11) is 1.95. The first-order chi connectivity index (χ1) is 7.11. The van der Waals surface area contributed by atoms with Gasteiger partial charge in [-0.2, -0.15) is 0 Å². The number of rotatable bonds is 5. The third-order valence-electron chi connectivity index (χ3n) is 2.75. The fourth-order valence-electron chi connectivity index (χ4n) is 2.07. The molecule has 0 radical (unpaired) electrons. The average molecular weight is 213 g/mol. The number of likely N-dealkylation sites (N-methyl/N-ethyl adjacent to an activating group) is 1.